The molecule has 1 saturated heterocycles. The van der Waals surface area contributed by atoms with Crippen molar-refractivity contribution in [2.24, 2.45) is 11.8 Å². The Labute approximate surface area is 78.3 Å². The number of hydrogen-bond donors (Lipinski definition) is 0. The Balaban J connectivity index is 2.77. The normalized spacial score (nSPS) is 39.0. The molecule has 4 heteroatoms. The highest BCUT2D eigenvalue weighted by molar-refractivity contribution is 7.53. The summed E-state index contributed by atoms with van der Waals surface area (Å²) in [5.41, 5.74) is 0. The van der Waals surface area contributed by atoms with Crippen LogP contribution < -0.4 is 0 Å². The van der Waals surface area contributed by atoms with Crippen LogP contribution in [0, 0.1) is 36.5 Å². The molecule has 0 aromatic carbocycles. The zero-order chi connectivity index (χ0) is 9.90. The summed E-state index contributed by atoms with van der Waals surface area (Å²) in [6.45, 7) is 0.219. The molecule has 1 heterocycles. The third-order valence-corrected chi connectivity index (χ3v) is 4.00. The van der Waals surface area contributed by atoms with Crippen LogP contribution in [0.25, 0.3) is 0 Å². The first-order chi connectivity index (χ1) is 6.15. The van der Waals surface area contributed by atoms with Crippen LogP contribution in [0.1, 0.15) is 0 Å². The van der Waals surface area contributed by atoms with E-state index in [2.05, 4.69) is 11.8 Å². The molecule has 1 rings (SSSR count). The van der Waals surface area contributed by atoms with E-state index >= 15 is 0 Å². The van der Waals surface area contributed by atoms with Crippen LogP contribution in [-0.2, 0) is 13.6 Å². The molecule has 3 atom stereocenters. The zero-order valence-corrected chi connectivity index (χ0v) is 8.29. The SMILES string of the molecule is C#CC1COP(=O)(OC)CC1C#C. The van der Waals surface area contributed by atoms with Gasteiger partial charge in [0.2, 0.25) is 0 Å². The highest BCUT2D eigenvalue weighted by Crippen LogP contribution is 2.53. The fourth-order valence-electron chi connectivity index (χ4n) is 1.19. The monoisotopic (exact) mass is 198 g/mol. The van der Waals surface area contributed by atoms with Crippen LogP contribution >= 0.6 is 7.60 Å². The number of terminal acetylenes is 2. The third kappa shape index (κ3) is 2.14. The van der Waals surface area contributed by atoms with Crippen molar-refractivity contribution in [1.29, 1.82) is 0 Å². The first kappa shape index (κ1) is 10.4. The molecule has 0 aliphatic carbocycles. The van der Waals surface area contributed by atoms with E-state index in [-0.39, 0.29) is 24.6 Å². The molecule has 3 nitrogen and oxygen atoms in total. The van der Waals surface area contributed by atoms with E-state index in [0.717, 1.165) is 0 Å². The molecule has 0 radical (unpaired) electrons. The summed E-state index contributed by atoms with van der Waals surface area (Å²) in [6.07, 6.45) is 10.7. The fraction of sp³-hybridized carbons (Fsp3) is 0.556. The molecule has 0 spiro atoms. The molecule has 3 unspecified atom stereocenters. The van der Waals surface area contributed by atoms with Gasteiger partial charge in [-0.2, -0.15) is 0 Å². The first-order valence-corrected chi connectivity index (χ1v) is 5.59. The highest BCUT2D eigenvalue weighted by atomic mass is 31.2. The lowest BCUT2D eigenvalue weighted by atomic mass is 9.96. The Morgan fingerprint density at radius 2 is 2.08 bits per heavy atom. The molecule has 13 heavy (non-hydrogen) atoms. The molecule has 1 aliphatic heterocycles. The molecule has 0 amide bonds. The van der Waals surface area contributed by atoms with Gasteiger partial charge >= 0.3 is 7.60 Å². The second kappa shape index (κ2) is 3.99. The van der Waals surface area contributed by atoms with Gasteiger partial charge in [0.15, 0.2) is 0 Å². The van der Waals surface area contributed by atoms with E-state index in [0.29, 0.717) is 0 Å². The average Bonchev–Trinajstić information content (AvgIpc) is 2.18. The van der Waals surface area contributed by atoms with Crippen LogP contribution in [0.3, 0.4) is 0 Å². The lowest BCUT2D eigenvalue weighted by Gasteiger charge is -2.29. The predicted molar refractivity (Wildman–Crippen MR) is 50.1 cm³/mol. The van der Waals surface area contributed by atoms with Crippen LogP contribution in [0.15, 0.2) is 0 Å². The molecule has 0 bridgehead atoms. The third-order valence-electron chi connectivity index (χ3n) is 2.06. The Morgan fingerprint density at radius 3 is 2.54 bits per heavy atom. The van der Waals surface area contributed by atoms with Crippen molar-refractivity contribution < 1.29 is 13.6 Å². The number of hydrogen-bond acceptors (Lipinski definition) is 3. The fourth-order valence-corrected chi connectivity index (χ4v) is 2.78. The summed E-state index contributed by atoms with van der Waals surface area (Å²) >= 11 is 0. The van der Waals surface area contributed by atoms with E-state index in [9.17, 15) is 4.57 Å². The highest BCUT2D eigenvalue weighted by Gasteiger charge is 2.37. The minimum atomic E-state index is -2.96. The second-order valence-electron chi connectivity index (χ2n) is 2.82. The van der Waals surface area contributed by atoms with Gasteiger partial charge < -0.3 is 9.05 Å². The van der Waals surface area contributed by atoms with E-state index in [1.54, 1.807) is 0 Å². The molecule has 0 saturated carbocycles. The maximum absolute atomic E-state index is 11.6. The zero-order valence-electron chi connectivity index (χ0n) is 7.40. The van der Waals surface area contributed by atoms with Crippen molar-refractivity contribution in [3.05, 3.63) is 0 Å². The van der Waals surface area contributed by atoms with Gasteiger partial charge in [0.25, 0.3) is 0 Å². The maximum Gasteiger partial charge on any atom is 0.331 e. The summed E-state index contributed by atoms with van der Waals surface area (Å²) in [6, 6.07) is 0. The largest absolute Gasteiger partial charge is 0.331 e. The van der Waals surface area contributed by atoms with Crippen molar-refractivity contribution in [1.82, 2.24) is 0 Å². The second-order valence-corrected chi connectivity index (χ2v) is 5.03. The van der Waals surface area contributed by atoms with Crippen LogP contribution in [0.2, 0.25) is 0 Å². The molecule has 1 aliphatic rings. The summed E-state index contributed by atoms with van der Waals surface area (Å²) < 4.78 is 21.4. The molecule has 0 aromatic rings. The summed E-state index contributed by atoms with van der Waals surface area (Å²) in [4.78, 5) is 0. The number of rotatable bonds is 1. The maximum atomic E-state index is 11.6. The van der Waals surface area contributed by atoms with Crippen molar-refractivity contribution in [3.63, 3.8) is 0 Å². The van der Waals surface area contributed by atoms with Gasteiger partial charge in [-0.05, 0) is 0 Å². The summed E-state index contributed by atoms with van der Waals surface area (Å²) in [7, 11) is -1.60. The molecule has 70 valence electrons. The van der Waals surface area contributed by atoms with Crippen LogP contribution in [0.5, 0.6) is 0 Å². The average molecular weight is 198 g/mol. The Morgan fingerprint density at radius 1 is 1.46 bits per heavy atom. The molecular weight excluding hydrogens is 187 g/mol. The summed E-state index contributed by atoms with van der Waals surface area (Å²) in [5, 5.41) is 0. The van der Waals surface area contributed by atoms with Crippen molar-refractivity contribution in [2.45, 2.75) is 0 Å². The van der Waals surface area contributed by atoms with Crippen LogP contribution in [-0.4, -0.2) is 19.9 Å². The van der Waals surface area contributed by atoms with E-state index < -0.39 is 7.60 Å². The Hall–Kier alpha value is -0.730. The van der Waals surface area contributed by atoms with Gasteiger partial charge in [-0.1, -0.05) is 5.92 Å². The minimum absolute atomic E-state index is 0.151. The van der Waals surface area contributed by atoms with E-state index in [4.69, 9.17) is 21.9 Å². The molecule has 0 N–H and O–H groups in total. The lowest BCUT2D eigenvalue weighted by Crippen LogP contribution is -2.26. The van der Waals surface area contributed by atoms with Gasteiger partial charge in [0.05, 0.1) is 18.7 Å². The van der Waals surface area contributed by atoms with Gasteiger partial charge in [-0.25, -0.2) is 0 Å². The van der Waals surface area contributed by atoms with E-state index in [1.165, 1.54) is 7.11 Å². The van der Waals surface area contributed by atoms with Gasteiger partial charge in [-0.3, -0.25) is 4.57 Å². The quantitative estimate of drug-likeness (QED) is 0.471. The summed E-state index contributed by atoms with van der Waals surface area (Å²) in [5.74, 6) is 4.69. The van der Waals surface area contributed by atoms with E-state index in [1.807, 2.05) is 0 Å². The molecule has 1 fully saturated rings. The minimum Gasteiger partial charge on any atom is -0.312 e. The lowest BCUT2D eigenvalue weighted by molar-refractivity contribution is 0.177. The van der Waals surface area contributed by atoms with Crippen molar-refractivity contribution in [3.8, 4) is 24.7 Å². The van der Waals surface area contributed by atoms with Crippen LogP contribution in [0.4, 0.5) is 0 Å². The topological polar surface area (TPSA) is 35.5 Å². The smallest absolute Gasteiger partial charge is 0.312 e. The Kier molecular flexibility index (Phi) is 3.17. The van der Waals surface area contributed by atoms with Gasteiger partial charge in [0, 0.05) is 13.0 Å². The predicted octanol–water partition coefficient (Wildman–Crippen LogP) is 1.35. The van der Waals surface area contributed by atoms with Crippen molar-refractivity contribution in [2.75, 3.05) is 19.9 Å². The Bertz CT molecular complexity index is 310. The van der Waals surface area contributed by atoms with Gasteiger partial charge in [0.1, 0.15) is 0 Å². The molecular formula is C9H11O3P. The molecule has 0 aromatic heterocycles. The van der Waals surface area contributed by atoms with Crippen molar-refractivity contribution >= 4 is 7.60 Å². The first-order valence-electron chi connectivity index (χ1n) is 3.87. The van der Waals surface area contributed by atoms with Gasteiger partial charge in [-0.15, -0.1) is 18.8 Å². The standard InChI is InChI=1S/C9H11O3P/c1-4-8-6-12-13(10,11-3)7-9(8)5-2/h1-2,8-9H,6-7H2,3H3.